The normalized spacial score (nSPS) is 10.9. The van der Waals surface area contributed by atoms with Crippen molar-refractivity contribution in [1.82, 2.24) is 9.97 Å². The van der Waals surface area contributed by atoms with Crippen LogP contribution in [0.3, 0.4) is 0 Å². The molecule has 1 N–H and O–H groups in total. The zero-order valence-corrected chi connectivity index (χ0v) is 11.6. The first-order valence-electron chi connectivity index (χ1n) is 6.77. The lowest BCUT2D eigenvalue weighted by molar-refractivity contribution is 0.146. The van der Waals surface area contributed by atoms with Crippen LogP contribution in [0.25, 0.3) is 11.3 Å². The maximum absolute atomic E-state index is 12.9. The van der Waals surface area contributed by atoms with Gasteiger partial charge in [-0.3, -0.25) is 0 Å². The summed E-state index contributed by atoms with van der Waals surface area (Å²) in [6, 6.07) is 6.77. The van der Waals surface area contributed by atoms with Crippen LogP contribution in [0.2, 0.25) is 0 Å². The number of alkyl halides is 2. The van der Waals surface area contributed by atoms with E-state index in [9.17, 15) is 13.2 Å². The second kappa shape index (κ2) is 7.06. The highest BCUT2D eigenvalue weighted by atomic mass is 19.3. The molecule has 0 fully saturated rings. The Hall–Kier alpha value is -2.11. The van der Waals surface area contributed by atoms with Gasteiger partial charge in [-0.05, 0) is 36.8 Å². The average Bonchev–Trinajstić information content (AvgIpc) is 2.48. The lowest BCUT2D eigenvalue weighted by atomic mass is 10.1. The summed E-state index contributed by atoms with van der Waals surface area (Å²) < 4.78 is 38.8. The molecule has 1 aromatic heterocycles. The molecule has 6 heteroatoms. The van der Waals surface area contributed by atoms with Crippen LogP contribution in [0.1, 0.15) is 31.9 Å². The predicted octanol–water partition coefficient (Wildman–Crippen LogP) is 4.43. The van der Waals surface area contributed by atoms with E-state index in [1.165, 1.54) is 30.3 Å². The third-order valence-corrected chi connectivity index (χ3v) is 2.92. The minimum absolute atomic E-state index is 0.167. The summed E-state index contributed by atoms with van der Waals surface area (Å²) >= 11 is 0. The van der Waals surface area contributed by atoms with E-state index in [-0.39, 0.29) is 17.5 Å². The number of benzene rings is 1. The van der Waals surface area contributed by atoms with Crippen LogP contribution in [0.15, 0.2) is 30.3 Å². The van der Waals surface area contributed by atoms with E-state index in [1.54, 1.807) is 0 Å². The van der Waals surface area contributed by atoms with Crippen molar-refractivity contribution in [3.8, 4) is 11.3 Å². The van der Waals surface area contributed by atoms with Crippen LogP contribution in [-0.4, -0.2) is 16.5 Å². The molecular weight excluding hydrogens is 279 g/mol. The van der Waals surface area contributed by atoms with Gasteiger partial charge in [0.2, 0.25) is 5.95 Å². The van der Waals surface area contributed by atoms with Crippen LogP contribution in [0.5, 0.6) is 0 Å². The molecule has 112 valence electrons. The Labute approximate surface area is 121 Å². The molecule has 0 radical (unpaired) electrons. The molecule has 0 atom stereocenters. The van der Waals surface area contributed by atoms with Crippen molar-refractivity contribution in [1.29, 1.82) is 0 Å². The molecule has 0 saturated carbocycles. The van der Waals surface area contributed by atoms with Crippen molar-refractivity contribution in [2.24, 2.45) is 0 Å². The fourth-order valence-corrected chi connectivity index (χ4v) is 1.80. The Morgan fingerprint density at radius 2 is 1.86 bits per heavy atom. The van der Waals surface area contributed by atoms with E-state index in [0.717, 1.165) is 12.8 Å². The quantitative estimate of drug-likeness (QED) is 0.801. The second-order valence-corrected chi connectivity index (χ2v) is 4.59. The van der Waals surface area contributed by atoms with Crippen LogP contribution in [-0.2, 0) is 0 Å². The van der Waals surface area contributed by atoms with Gasteiger partial charge in [-0.2, -0.15) is 0 Å². The van der Waals surface area contributed by atoms with E-state index in [0.29, 0.717) is 17.8 Å². The van der Waals surface area contributed by atoms with E-state index >= 15 is 0 Å². The van der Waals surface area contributed by atoms with Gasteiger partial charge in [-0.15, -0.1) is 0 Å². The molecule has 3 nitrogen and oxygen atoms in total. The van der Waals surface area contributed by atoms with Crippen molar-refractivity contribution in [3.05, 3.63) is 41.8 Å². The minimum atomic E-state index is -2.68. The molecule has 0 spiro atoms. The summed E-state index contributed by atoms with van der Waals surface area (Å²) in [5.74, 6) is -0.219. The Morgan fingerprint density at radius 1 is 1.14 bits per heavy atom. The smallest absolute Gasteiger partial charge is 0.280 e. The molecule has 21 heavy (non-hydrogen) atoms. The van der Waals surface area contributed by atoms with E-state index in [2.05, 4.69) is 15.3 Å². The minimum Gasteiger partial charge on any atom is -0.354 e. The van der Waals surface area contributed by atoms with Gasteiger partial charge in [0.05, 0.1) is 5.69 Å². The number of anilines is 1. The van der Waals surface area contributed by atoms with Crippen molar-refractivity contribution in [2.75, 3.05) is 11.9 Å². The molecule has 0 bridgehead atoms. The molecule has 2 rings (SSSR count). The zero-order chi connectivity index (χ0) is 15.2. The van der Waals surface area contributed by atoms with Gasteiger partial charge in [0.1, 0.15) is 11.5 Å². The van der Waals surface area contributed by atoms with Crippen LogP contribution >= 0.6 is 0 Å². The molecule has 1 aromatic carbocycles. The Morgan fingerprint density at radius 3 is 2.48 bits per heavy atom. The van der Waals surface area contributed by atoms with Crippen LogP contribution in [0.4, 0.5) is 19.1 Å². The highest BCUT2D eigenvalue weighted by Crippen LogP contribution is 2.24. The van der Waals surface area contributed by atoms with Crippen LogP contribution in [0, 0.1) is 5.82 Å². The van der Waals surface area contributed by atoms with E-state index in [4.69, 9.17) is 0 Å². The summed E-state index contributed by atoms with van der Waals surface area (Å²) in [6.07, 6.45) is -0.806. The molecule has 0 saturated heterocycles. The lowest BCUT2D eigenvalue weighted by Crippen LogP contribution is -2.07. The van der Waals surface area contributed by atoms with Crippen molar-refractivity contribution >= 4 is 5.95 Å². The van der Waals surface area contributed by atoms with Gasteiger partial charge in [-0.1, -0.05) is 13.3 Å². The topological polar surface area (TPSA) is 37.8 Å². The predicted molar refractivity (Wildman–Crippen MR) is 75.8 cm³/mol. The van der Waals surface area contributed by atoms with Crippen molar-refractivity contribution < 1.29 is 13.2 Å². The average molecular weight is 295 g/mol. The molecular formula is C15H16F3N3. The van der Waals surface area contributed by atoms with Crippen molar-refractivity contribution in [3.63, 3.8) is 0 Å². The number of nitrogens with one attached hydrogen (secondary N) is 1. The number of halogens is 3. The highest BCUT2D eigenvalue weighted by molar-refractivity contribution is 5.60. The second-order valence-electron chi connectivity index (χ2n) is 4.59. The standard InChI is InChI=1S/C15H16F3N3/c1-2-3-8-19-15-20-12(9-13(21-15)14(17)18)10-4-6-11(16)7-5-10/h4-7,9,14H,2-3,8H2,1H3,(H,19,20,21). The zero-order valence-electron chi connectivity index (χ0n) is 11.6. The SMILES string of the molecule is CCCCNc1nc(-c2ccc(F)cc2)cc(C(F)F)n1. The Balaban J connectivity index is 2.32. The first-order chi connectivity index (χ1) is 10.1. The summed E-state index contributed by atoms with van der Waals surface area (Å²) in [5.41, 5.74) is 0.571. The van der Waals surface area contributed by atoms with Gasteiger partial charge in [0.15, 0.2) is 0 Å². The largest absolute Gasteiger partial charge is 0.354 e. The maximum Gasteiger partial charge on any atom is 0.280 e. The monoisotopic (exact) mass is 295 g/mol. The molecule has 0 aliphatic rings. The van der Waals surface area contributed by atoms with Gasteiger partial charge in [-0.25, -0.2) is 23.1 Å². The molecule has 1 heterocycles. The third-order valence-electron chi connectivity index (χ3n) is 2.92. The fourth-order valence-electron chi connectivity index (χ4n) is 1.80. The summed E-state index contributed by atoms with van der Waals surface area (Å²) in [6.45, 7) is 2.65. The first kappa shape index (κ1) is 15.3. The van der Waals surface area contributed by atoms with Gasteiger partial charge < -0.3 is 5.32 Å². The molecule has 0 unspecified atom stereocenters. The molecule has 2 aromatic rings. The summed E-state index contributed by atoms with van der Waals surface area (Å²) in [7, 11) is 0. The number of unbranched alkanes of at least 4 members (excludes halogenated alkanes) is 1. The third kappa shape index (κ3) is 4.18. The molecule has 0 aliphatic carbocycles. The summed E-state index contributed by atoms with van der Waals surface area (Å²) in [5, 5.41) is 2.93. The Kier molecular flexibility index (Phi) is 5.14. The number of aromatic nitrogens is 2. The fraction of sp³-hybridized carbons (Fsp3) is 0.333. The highest BCUT2D eigenvalue weighted by Gasteiger charge is 2.14. The number of hydrogen-bond acceptors (Lipinski definition) is 3. The van der Waals surface area contributed by atoms with E-state index < -0.39 is 6.43 Å². The number of rotatable bonds is 6. The van der Waals surface area contributed by atoms with Gasteiger partial charge in [0.25, 0.3) is 6.43 Å². The van der Waals surface area contributed by atoms with E-state index in [1.807, 2.05) is 6.92 Å². The van der Waals surface area contributed by atoms with Gasteiger partial charge >= 0.3 is 0 Å². The molecule has 0 amide bonds. The summed E-state index contributed by atoms with van der Waals surface area (Å²) in [4.78, 5) is 8.01. The Bertz CT molecular complexity index is 585. The lowest BCUT2D eigenvalue weighted by Gasteiger charge is -2.09. The maximum atomic E-state index is 12.9. The first-order valence-corrected chi connectivity index (χ1v) is 6.77. The van der Waals surface area contributed by atoms with Crippen LogP contribution < -0.4 is 5.32 Å². The number of hydrogen-bond donors (Lipinski definition) is 1. The van der Waals surface area contributed by atoms with Gasteiger partial charge in [0, 0.05) is 12.1 Å². The molecule has 0 aliphatic heterocycles. The number of nitrogens with zero attached hydrogens (tertiary/aromatic N) is 2. The van der Waals surface area contributed by atoms with Crippen molar-refractivity contribution in [2.45, 2.75) is 26.2 Å².